The van der Waals surface area contributed by atoms with Crippen molar-refractivity contribution >= 4 is 11.4 Å². The predicted molar refractivity (Wildman–Crippen MR) is 122 cm³/mol. The first-order valence-corrected chi connectivity index (χ1v) is 10.9. The lowest BCUT2D eigenvalue weighted by Gasteiger charge is -2.36. The molecule has 34 heavy (non-hydrogen) atoms. The van der Waals surface area contributed by atoms with Gasteiger partial charge in [-0.05, 0) is 12.1 Å². The van der Waals surface area contributed by atoms with Gasteiger partial charge in [0.05, 0.1) is 22.0 Å². The maximum absolute atomic E-state index is 10.8. The van der Waals surface area contributed by atoms with E-state index in [1.807, 2.05) is 0 Å². The molecule has 1 aliphatic heterocycles. The number of ether oxygens (including phenoxy) is 2. The van der Waals surface area contributed by atoms with Crippen LogP contribution >= 0.6 is 0 Å². The number of hydrogen-bond donors (Lipinski definition) is 2. The van der Waals surface area contributed by atoms with Gasteiger partial charge in [0.15, 0.2) is 0 Å². The highest BCUT2D eigenvalue weighted by Gasteiger charge is 2.22. The van der Waals surface area contributed by atoms with Gasteiger partial charge in [-0.15, -0.1) is 0 Å². The Hall–Kier alpha value is -3.32. The number of hydrogen-bond acceptors (Lipinski definition) is 10. The van der Waals surface area contributed by atoms with E-state index < -0.39 is 22.1 Å². The molecule has 1 aliphatic rings. The zero-order valence-corrected chi connectivity index (χ0v) is 18.6. The smallest absolute Gasteiger partial charge is 0.273 e. The highest BCUT2D eigenvalue weighted by atomic mass is 16.6. The molecule has 184 valence electrons. The second-order valence-corrected chi connectivity index (χ2v) is 8.04. The number of rotatable bonds is 12. The number of aliphatic hydroxyl groups excluding tert-OH is 2. The monoisotopic (exact) mass is 476 g/mol. The van der Waals surface area contributed by atoms with E-state index in [1.165, 1.54) is 36.4 Å². The standard InChI is InChI=1S/C22H28N4O8/c27-19(15-33-21-5-1-3-17(11-21)25(29)30)13-23-7-9-24(10-8-23)14-20(28)16-34-22-6-2-4-18(12-22)26(31)32/h1-6,11-12,19-20,27-28H,7-10,13-16H2. The molecule has 12 heteroatoms. The Labute approximate surface area is 196 Å². The van der Waals surface area contributed by atoms with Crippen LogP contribution in [0.25, 0.3) is 0 Å². The summed E-state index contributed by atoms with van der Waals surface area (Å²) < 4.78 is 11.0. The van der Waals surface area contributed by atoms with Crippen molar-refractivity contribution in [3.63, 3.8) is 0 Å². The Balaban J connectivity index is 1.33. The Morgan fingerprint density at radius 1 is 0.765 bits per heavy atom. The van der Waals surface area contributed by atoms with E-state index in [0.717, 1.165) is 0 Å². The largest absolute Gasteiger partial charge is 0.491 e. The fraction of sp³-hybridized carbons (Fsp3) is 0.455. The summed E-state index contributed by atoms with van der Waals surface area (Å²) in [6, 6.07) is 11.7. The maximum Gasteiger partial charge on any atom is 0.273 e. The summed E-state index contributed by atoms with van der Waals surface area (Å²) in [6.07, 6.45) is -1.50. The molecule has 0 radical (unpaired) electrons. The van der Waals surface area contributed by atoms with Crippen molar-refractivity contribution in [2.24, 2.45) is 0 Å². The van der Waals surface area contributed by atoms with Crippen LogP contribution in [0.2, 0.25) is 0 Å². The predicted octanol–water partition coefficient (Wildman–Crippen LogP) is 1.30. The zero-order chi connectivity index (χ0) is 24.5. The normalized spacial score (nSPS) is 16.5. The number of nitro benzene ring substituents is 2. The van der Waals surface area contributed by atoms with Gasteiger partial charge < -0.3 is 19.7 Å². The van der Waals surface area contributed by atoms with Gasteiger partial charge in [-0.2, -0.15) is 0 Å². The summed E-state index contributed by atoms with van der Waals surface area (Å²) in [6.45, 7) is 3.66. The lowest BCUT2D eigenvalue weighted by molar-refractivity contribution is -0.385. The van der Waals surface area contributed by atoms with Crippen molar-refractivity contribution in [3.8, 4) is 11.5 Å². The molecule has 2 aromatic carbocycles. The SMILES string of the molecule is O=[N+]([O-])c1cccc(OCC(O)CN2CCN(CC(O)COc3cccc([N+](=O)[O-])c3)CC2)c1. The van der Waals surface area contributed by atoms with Crippen LogP contribution in [0.3, 0.4) is 0 Å². The van der Waals surface area contributed by atoms with Gasteiger partial charge in [0.1, 0.15) is 36.9 Å². The van der Waals surface area contributed by atoms with Gasteiger partial charge in [0.2, 0.25) is 0 Å². The van der Waals surface area contributed by atoms with Crippen LogP contribution in [0.15, 0.2) is 48.5 Å². The van der Waals surface area contributed by atoms with Gasteiger partial charge in [-0.3, -0.25) is 30.0 Å². The van der Waals surface area contributed by atoms with Crippen LogP contribution in [0.1, 0.15) is 0 Å². The van der Waals surface area contributed by atoms with Gasteiger partial charge in [0.25, 0.3) is 11.4 Å². The van der Waals surface area contributed by atoms with Crippen molar-refractivity contribution < 1.29 is 29.5 Å². The molecule has 2 atom stereocenters. The summed E-state index contributed by atoms with van der Waals surface area (Å²) in [4.78, 5) is 24.8. The lowest BCUT2D eigenvalue weighted by Crippen LogP contribution is -2.51. The second kappa shape index (κ2) is 12.2. The van der Waals surface area contributed by atoms with Gasteiger partial charge in [-0.1, -0.05) is 12.1 Å². The molecule has 0 bridgehead atoms. The van der Waals surface area contributed by atoms with Crippen molar-refractivity contribution in [1.29, 1.82) is 0 Å². The first-order chi connectivity index (χ1) is 16.3. The molecule has 2 N–H and O–H groups in total. The zero-order valence-electron chi connectivity index (χ0n) is 18.6. The Kier molecular flexibility index (Phi) is 9.10. The number of β-amino-alcohol motifs (C(OH)–C–C–N with tert-alkyl or cyclic N) is 2. The van der Waals surface area contributed by atoms with Gasteiger partial charge >= 0.3 is 0 Å². The molecule has 1 fully saturated rings. The fourth-order valence-electron chi connectivity index (χ4n) is 3.61. The molecule has 1 heterocycles. The van der Waals surface area contributed by atoms with Crippen LogP contribution in [0.4, 0.5) is 11.4 Å². The van der Waals surface area contributed by atoms with E-state index in [2.05, 4.69) is 9.80 Å². The Bertz CT molecular complexity index is 890. The second-order valence-electron chi connectivity index (χ2n) is 8.04. The molecule has 0 spiro atoms. The fourth-order valence-corrected chi connectivity index (χ4v) is 3.61. The van der Waals surface area contributed by atoms with E-state index in [-0.39, 0.29) is 24.6 Å². The minimum Gasteiger partial charge on any atom is -0.491 e. The molecular weight excluding hydrogens is 448 g/mol. The topological polar surface area (TPSA) is 152 Å². The number of nitrogens with zero attached hydrogens (tertiary/aromatic N) is 4. The van der Waals surface area contributed by atoms with Crippen LogP contribution < -0.4 is 9.47 Å². The Morgan fingerprint density at radius 2 is 1.15 bits per heavy atom. The van der Waals surface area contributed by atoms with Crippen LogP contribution in [-0.4, -0.2) is 94.5 Å². The van der Waals surface area contributed by atoms with E-state index in [0.29, 0.717) is 50.8 Å². The quantitative estimate of drug-likeness (QED) is 0.339. The molecule has 0 saturated carbocycles. The van der Waals surface area contributed by atoms with E-state index in [9.17, 15) is 30.4 Å². The van der Waals surface area contributed by atoms with Gasteiger partial charge in [-0.25, -0.2) is 0 Å². The maximum atomic E-state index is 10.8. The van der Waals surface area contributed by atoms with Crippen molar-refractivity contribution in [3.05, 3.63) is 68.8 Å². The highest BCUT2D eigenvalue weighted by molar-refractivity contribution is 5.38. The lowest BCUT2D eigenvalue weighted by atomic mass is 10.2. The number of non-ortho nitro benzene ring substituents is 2. The van der Waals surface area contributed by atoms with Crippen molar-refractivity contribution in [1.82, 2.24) is 9.80 Å². The molecule has 2 aromatic rings. The number of benzene rings is 2. The van der Waals surface area contributed by atoms with E-state index in [4.69, 9.17) is 9.47 Å². The average molecular weight is 476 g/mol. The van der Waals surface area contributed by atoms with Crippen LogP contribution in [0.5, 0.6) is 11.5 Å². The molecule has 0 amide bonds. The summed E-state index contributed by atoms with van der Waals surface area (Å²) in [5.74, 6) is 0.666. The first kappa shape index (κ1) is 25.3. The molecule has 0 aromatic heterocycles. The third-order valence-electron chi connectivity index (χ3n) is 5.34. The summed E-state index contributed by atoms with van der Waals surface area (Å²) in [5, 5.41) is 42.2. The molecule has 0 aliphatic carbocycles. The third-order valence-corrected chi connectivity index (χ3v) is 5.34. The number of aliphatic hydroxyl groups is 2. The number of nitro groups is 2. The van der Waals surface area contributed by atoms with E-state index in [1.54, 1.807) is 12.1 Å². The molecule has 1 saturated heterocycles. The van der Waals surface area contributed by atoms with Crippen LogP contribution in [0, 0.1) is 20.2 Å². The van der Waals surface area contributed by atoms with Gasteiger partial charge in [0, 0.05) is 51.4 Å². The van der Waals surface area contributed by atoms with Crippen molar-refractivity contribution in [2.75, 3.05) is 52.5 Å². The summed E-state index contributed by atoms with van der Waals surface area (Å²) in [5.41, 5.74) is -0.137. The molecule has 12 nitrogen and oxygen atoms in total. The molecule has 2 unspecified atom stereocenters. The average Bonchev–Trinajstić information content (AvgIpc) is 2.83. The van der Waals surface area contributed by atoms with Crippen LogP contribution in [-0.2, 0) is 0 Å². The first-order valence-electron chi connectivity index (χ1n) is 10.9. The minimum absolute atomic E-state index is 0.0229. The Morgan fingerprint density at radius 3 is 1.50 bits per heavy atom. The number of piperazine rings is 1. The minimum atomic E-state index is -0.750. The molecular formula is C22H28N4O8. The van der Waals surface area contributed by atoms with Crippen molar-refractivity contribution in [2.45, 2.75) is 12.2 Å². The summed E-state index contributed by atoms with van der Waals surface area (Å²) in [7, 11) is 0. The summed E-state index contributed by atoms with van der Waals surface area (Å²) >= 11 is 0. The highest BCUT2D eigenvalue weighted by Crippen LogP contribution is 2.20. The molecule has 3 rings (SSSR count). The third kappa shape index (κ3) is 7.92. The van der Waals surface area contributed by atoms with E-state index >= 15 is 0 Å².